The molecule has 6 N–H and O–H groups in total. The first-order valence-corrected chi connectivity index (χ1v) is 11.4. The van der Waals surface area contributed by atoms with Gasteiger partial charge in [-0.15, -0.1) is 0 Å². The number of esters is 1. The third-order valence-electron chi connectivity index (χ3n) is 8.33. The van der Waals surface area contributed by atoms with E-state index >= 15 is 0 Å². The second kappa shape index (κ2) is 12.8. The van der Waals surface area contributed by atoms with Crippen molar-refractivity contribution in [3.8, 4) is 0 Å². The van der Waals surface area contributed by atoms with Crippen LogP contribution in [0.1, 0.15) is 61.3 Å². The van der Waals surface area contributed by atoms with E-state index in [9.17, 15) is 40.2 Å². The van der Waals surface area contributed by atoms with Gasteiger partial charge in [-0.3, -0.25) is 9.59 Å². The van der Waals surface area contributed by atoms with E-state index in [1.54, 1.807) is 33.8 Å². The van der Waals surface area contributed by atoms with E-state index in [2.05, 4.69) is 0 Å². The zero-order valence-electron chi connectivity index (χ0n) is 21.7. The Morgan fingerprint density at radius 3 is 2.11 bits per heavy atom. The number of aliphatic hydroxyl groups excluding tert-OH is 4. The van der Waals surface area contributed by atoms with Gasteiger partial charge in [0.05, 0.1) is 18.8 Å². The molecule has 2 unspecified atom stereocenters. The Balaban J connectivity index is 0.00000578. The van der Waals surface area contributed by atoms with E-state index in [4.69, 9.17) is 4.74 Å². The first kappa shape index (κ1) is 36.5. The molecule has 1 saturated carbocycles. The van der Waals surface area contributed by atoms with Crippen LogP contribution in [0, 0.1) is 111 Å². The maximum atomic E-state index is 13.4. The van der Waals surface area contributed by atoms with Gasteiger partial charge < -0.3 is 35.4 Å². The molecular formula is C24H40Ac2O9. The second-order valence-electron chi connectivity index (χ2n) is 10.9. The van der Waals surface area contributed by atoms with Crippen molar-refractivity contribution in [2.45, 2.75) is 96.9 Å². The number of Topliss-reactive ketones (excluding diaryl/α,β-unsaturated/α-hetero) is 1. The fraction of sp³-hybridized carbons (Fsp3) is 0.833. The molecule has 9 nitrogen and oxygen atoms in total. The molecule has 0 spiro atoms. The standard InChI is InChI=1S/C24H40O9.2Ac/c1-12-9-21(5,6)24(32,10-16(12)28)20(33-15(4)27)18-22(7,19(30)14(3)26)13(2)8-17(29)23(18,31)11-25;;/h9,13-14,16-18,20,25-26,28-29,31-32H,8,10-11H2,1-7H3;;/t13?,14-,16+,17+,18?,20+,22-,23+,24-;;/m1../s1. The number of ether oxygens (including phenoxy) is 1. The molecular weight excluding hydrogens is 886 g/mol. The van der Waals surface area contributed by atoms with Crippen molar-refractivity contribution in [3.63, 3.8) is 0 Å². The molecule has 0 bridgehead atoms. The molecule has 0 amide bonds. The van der Waals surface area contributed by atoms with Gasteiger partial charge in [-0.05, 0) is 31.8 Å². The van der Waals surface area contributed by atoms with Gasteiger partial charge in [-0.1, -0.05) is 33.8 Å². The molecule has 196 valence electrons. The molecule has 0 aromatic carbocycles. The Hall–Kier alpha value is 1.52. The maximum absolute atomic E-state index is 13.4. The van der Waals surface area contributed by atoms with E-state index in [0.29, 0.717) is 5.57 Å². The quantitative estimate of drug-likeness (QED) is 0.160. The van der Waals surface area contributed by atoms with Crippen LogP contribution in [-0.4, -0.2) is 84.6 Å². The summed E-state index contributed by atoms with van der Waals surface area (Å²) < 4.78 is 5.63. The zero-order valence-corrected chi connectivity index (χ0v) is 31.2. The summed E-state index contributed by atoms with van der Waals surface area (Å²) in [5, 5.41) is 65.6. The van der Waals surface area contributed by atoms with Crippen molar-refractivity contribution < 1.29 is 133 Å². The van der Waals surface area contributed by atoms with Crippen molar-refractivity contribution in [2.75, 3.05) is 6.61 Å². The van der Waals surface area contributed by atoms with Gasteiger partial charge in [0.25, 0.3) is 0 Å². The van der Waals surface area contributed by atoms with E-state index in [1.807, 2.05) is 0 Å². The first-order valence-electron chi connectivity index (χ1n) is 11.4. The van der Waals surface area contributed by atoms with Gasteiger partial charge in [0.2, 0.25) is 0 Å². The number of hydrogen-bond acceptors (Lipinski definition) is 9. The largest absolute Gasteiger partial charge is 0.459 e. The van der Waals surface area contributed by atoms with Crippen LogP contribution < -0.4 is 0 Å². The van der Waals surface area contributed by atoms with Crippen LogP contribution in [0.5, 0.6) is 0 Å². The summed E-state index contributed by atoms with van der Waals surface area (Å²) in [6, 6.07) is 0. The minimum absolute atomic E-state index is 0. The molecule has 0 heterocycles. The molecule has 0 saturated heterocycles. The number of aliphatic hydroxyl groups is 6. The number of carbonyl (C=O) groups is 2. The Morgan fingerprint density at radius 1 is 1.17 bits per heavy atom. The molecule has 35 heavy (non-hydrogen) atoms. The van der Waals surface area contributed by atoms with Crippen LogP contribution in [0.15, 0.2) is 11.6 Å². The van der Waals surface area contributed by atoms with Crippen molar-refractivity contribution in [2.24, 2.45) is 22.7 Å². The summed E-state index contributed by atoms with van der Waals surface area (Å²) >= 11 is 0. The Kier molecular flexibility index (Phi) is 13.4. The van der Waals surface area contributed by atoms with E-state index in [0.717, 1.165) is 6.92 Å². The predicted molar refractivity (Wildman–Crippen MR) is 119 cm³/mol. The van der Waals surface area contributed by atoms with Crippen LogP contribution in [0.2, 0.25) is 0 Å². The third kappa shape index (κ3) is 6.31. The molecule has 2 rings (SSSR count). The molecule has 0 aliphatic heterocycles. The van der Waals surface area contributed by atoms with Crippen molar-refractivity contribution in [3.05, 3.63) is 11.6 Å². The molecule has 2 aliphatic carbocycles. The average molecular weight is 927 g/mol. The fourth-order valence-corrected chi connectivity index (χ4v) is 6.06. The van der Waals surface area contributed by atoms with Gasteiger partial charge in [0.15, 0.2) is 5.78 Å². The minimum Gasteiger partial charge on any atom is -0.459 e. The molecule has 0 aromatic rings. The van der Waals surface area contributed by atoms with Crippen molar-refractivity contribution >= 4 is 11.8 Å². The zero-order chi connectivity index (χ0) is 25.7. The van der Waals surface area contributed by atoms with Gasteiger partial charge in [0, 0.05) is 118 Å². The number of ketones is 1. The molecule has 9 atom stereocenters. The fourth-order valence-electron chi connectivity index (χ4n) is 6.06. The molecule has 11 heteroatoms. The smallest absolute Gasteiger partial charge is 0.303 e. The summed E-state index contributed by atoms with van der Waals surface area (Å²) in [6.45, 7) is 9.59. The summed E-state index contributed by atoms with van der Waals surface area (Å²) in [5.41, 5.74) is -6.46. The van der Waals surface area contributed by atoms with Crippen LogP contribution in [0.25, 0.3) is 0 Å². The molecule has 0 aromatic heterocycles. The van der Waals surface area contributed by atoms with Gasteiger partial charge in [-0.25, -0.2) is 0 Å². The summed E-state index contributed by atoms with van der Waals surface area (Å²) in [7, 11) is 0. The number of rotatable bonds is 6. The minimum atomic E-state index is -2.35. The van der Waals surface area contributed by atoms with E-state index in [1.165, 1.54) is 13.8 Å². The Morgan fingerprint density at radius 2 is 1.69 bits per heavy atom. The Bertz CT molecular complexity index is 817. The average Bonchev–Trinajstić information content (AvgIpc) is 2.69. The first-order chi connectivity index (χ1) is 14.9. The number of carbonyl (C=O) groups excluding carboxylic acids is 2. The SMILES string of the molecule is CC(=O)O[C@@H](C1[C@](C)(C(=O)[C@@H](C)O)C(C)C[C@H](O)[C@@]1(O)CO)[C@]1(O)C[C@H](O)C(C)=CC1(C)C.[Ac].[Ac]. The van der Waals surface area contributed by atoms with E-state index in [-0.39, 0.29) is 101 Å². The molecule has 2 aliphatic rings. The van der Waals surface area contributed by atoms with Gasteiger partial charge in [-0.2, -0.15) is 0 Å². The number of hydrogen-bond donors (Lipinski definition) is 6. The predicted octanol–water partition coefficient (Wildman–Crippen LogP) is 0.0828. The summed E-state index contributed by atoms with van der Waals surface area (Å²) in [6.07, 6.45) is -4.38. The van der Waals surface area contributed by atoms with E-state index < -0.39 is 76.6 Å². The van der Waals surface area contributed by atoms with Crippen LogP contribution >= 0.6 is 0 Å². The molecule has 2 radical (unpaired) electrons. The topological polar surface area (TPSA) is 165 Å². The Labute approximate surface area is 279 Å². The van der Waals surface area contributed by atoms with Crippen LogP contribution in [0.3, 0.4) is 0 Å². The van der Waals surface area contributed by atoms with Crippen LogP contribution in [-0.2, 0) is 14.3 Å². The van der Waals surface area contributed by atoms with Gasteiger partial charge in [0.1, 0.15) is 23.4 Å². The van der Waals surface area contributed by atoms with Crippen molar-refractivity contribution in [1.82, 2.24) is 0 Å². The third-order valence-corrected chi connectivity index (χ3v) is 8.33. The van der Waals surface area contributed by atoms with Gasteiger partial charge >= 0.3 is 5.97 Å². The normalized spacial score (nSPS) is 40.3. The molecule has 1 fully saturated rings. The second-order valence-corrected chi connectivity index (χ2v) is 10.9. The maximum Gasteiger partial charge on any atom is 0.303 e. The summed E-state index contributed by atoms with van der Waals surface area (Å²) in [4.78, 5) is 25.7. The van der Waals surface area contributed by atoms with Crippen LogP contribution in [0.4, 0.5) is 0 Å². The monoisotopic (exact) mass is 926 g/mol. The summed E-state index contributed by atoms with van der Waals surface area (Å²) in [5.74, 6) is -3.63. The van der Waals surface area contributed by atoms with Crippen molar-refractivity contribution in [1.29, 1.82) is 0 Å².